The minimum atomic E-state index is 0.211. The van der Waals surface area contributed by atoms with Gasteiger partial charge in [-0.05, 0) is 24.3 Å². The molecule has 0 aliphatic rings. The van der Waals surface area contributed by atoms with Crippen LogP contribution in [0.15, 0.2) is 48.5 Å². The first-order valence-corrected chi connectivity index (χ1v) is 6.83. The van der Waals surface area contributed by atoms with Crippen molar-refractivity contribution in [2.75, 3.05) is 0 Å². The summed E-state index contributed by atoms with van der Waals surface area (Å²) in [6, 6.07) is 16.4. The van der Waals surface area contributed by atoms with E-state index < -0.39 is 0 Å². The van der Waals surface area contributed by atoms with Gasteiger partial charge in [-0.15, -0.1) is 5.10 Å². The smallest absolute Gasteiger partial charge is 0.191 e. The van der Waals surface area contributed by atoms with Crippen LogP contribution in [0.4, 0.5) is 0 Å². The Kier molecular flexibility index (Phi) is 3.61. The molecule has 1 heterocycles. The molecule has 0 N–H and O–H groups in total. The summed E-state index contributed by atoms with van der Waals surface area (Å²) in [6.07, 6.45) is 0. The van der Waals surface area contributed by atoms with Crippen molar-refractivity contribution in [3.8, 4) is 23.0 Å². The molecule has 0 fully saturated rings. The molecule has 0 aliphatic heterocycles. The highest BCUT2D eigenvalue weighted by Crippen LogP contribution is 2.31. The fraction of sp³-hybridized carbons (Fsp3) is 0. The fourth-order valence-corrected chi connectivity index (χ4v) is 2.45. The van der Waals surface area contributed by atoms with Crippen molar-refractivity contribution in [1.29, 1.82) is 5.26 Å². The minimum Gasteiger partial charge on any atom is -0.211 e. The molecule has 0 spiro atoms. The molecule has 1 aromatic heterocycles. The lowest BCUT2D eigenvalue weighted by Gasteiger charge is -2.08. The fourth-order valence-electron chi connectivity index (χ4n) is 2.04. The number of hydrogen-bond acceptors (Lipinski definition) is 3. The van der Waals surface area contributed by atoms with E-state index >= 15 is 0 Å². The second-order valence-corrected chi connectivity index (χ2v) is 5.11. The molecule has 4 nitrogen and oxygen atoms in total. The second-order valence-electron chi connectivity index (χ2n) is 4.27. The maximum atomic E-state index is 9.25. The average Bonchev–Trinajstić information content (AvgIpc) is 2.91. The van der Waals surface area contributed by atoms with Gasteiger partial charge in [0.2, 0.25) is 0 Å². The van der Waals surface area contributed by atoms with Gasteiger partial charge in [0.05, 0.1) is 10.7 Å². The number of hydrogen-bond donors (Lipinski definition) is 0. The highest BCUT2D eigenvalue weighted by atomic mass is 35.5. The van der Waals surface area contributed by atoms with Gasteiger partial charge in [0.1, 0.15) is 11.8 Å². The zero-order valence-corrected chi connectivity index (χ0v) is 12.2. The van der Waals surface area contributed by atoms with Crippen molar-refractivity contribution in [3.05, 3.63) is 64.3 Å². The third-order valence-electron chi connectivity index (χ3n) is 2.96. The van der Waals surface area contributed by atoms with Gasteiger partial charge in [-0.2, -0.15) is 5.26 Å². The Labute approximate surface area is 131 Å². The predicted octanol–water partition coefficient (Wildman–Crippen LogP) is 4.11. The van der Waals surface area contributed by atoms with Crippen LogP contribution in [0.25, 0.3) is 16.9 Å². The molecular weight excluding hydrogens is 307 g/mol. The Hall–Kier alpha value is -2.35. The summed E-state index contributed by atoms with van der Waals surface area (Å²) in [5.41, 5.74) is 2.17. The van der Waals surface area contributed by atoms with Crippen molar-refractivity contribution in [3.63, 3.8) is 0 Å². The molecule has 0 saturated carbocycles. The van der Waals surface area contributed by atoms with E-state index in [1.165, 1.54) is 0 Å². The zero-order chi connectivity index (χ0) is 14.8. The topological polar surface area (TPSA) is 54.5 Å². The van der Waals surface area contributed by atoms with Crippen LogP contribution in [0.2, 0.25) is 10.0 Å². The van der Waals surface area contributed by atoms with E-state index in [4.69, 9.17) is 23.2 Å². The van der Waals surface area contributed by atoms with E-state index in [-0.39, 0.29) is 5.69 Å². The first-order chi connectivity index (χ1) is 10.2. The van der Waals surface area contributed by atoms with Gasteiger partial charge < -0.3 is 0 Å². The summed E-state index contributed by atoms with van der Waals surface area (Å²) in [5.74, 6) is 0. The Balaban J connectivity index is 2.28. The first-order valence-electron chi connectivity index (χ1n) is 6.07. The molecule has 3 aromatic rings. The first kappa shape index (κ1) is 13.6. The van der Waals surface area contributed by atoms with E-state index in [9.17, 15) is 5.26 Å². The van der Waals surface area contributed by atoms with Crippen LogP contribution >= 0.6 is 23.2 Å². The number of halogens is 2. The van der Waals surface area contributed by atoms with Crippen molar-refractivity contribution in [1.82, 2.24) is 15.0 Å². The third kappa shape index (κ3) is 2.49. The van der Waals surface area contributed by atoms with Crippen molar-refractivity contribution in [2.24, 2.45) is 0 Å². The summed E-state index contributed by atoms with van der Waals surface area (Å²) >= 11 is 12.2. The summed E-state index contributed by atoms with van der Waals surface area (Å²) < 4.78 is 1.56. The summed E-state index contributed by atoms with van der Waals surface area (Å²) in [4.78, 5) is 0. The van der Waals surface area contributed by atoms with E-state index in [0.29, 0.717) is 27.0 Å². The minimum absolute atomic E-state index is 0.211. The van der Waals surface area contributed by atoms with E-state index in [2.05, 4.69) is 10.3 Å². The maximum absolute atomic E-state index is 9.25. The van der Waals surface area contributed by atoms with Crippen molar-refractivity contribution < 1.29 is 0 Å². The Morgan fingerprint density at radius 2 is 1.86 bits per heavy atom. The summed E-state index contributed by atoms with van der Waals surface area (Å²) in [7, 11) is 0. The largest absolute Gasteiger partial charge is 0.211 e. The lowest BCUT2D eigenvalue weighted by molar-refractivity contribution is 0.807. The summed E-state index contributed by atoms with van der Waals surface area (Å²) in [5, 5.41) is 18.3. The molecule has 0 saturated heterocycles. The van der Waals surface area contributed by atoms with Gasteiger partial charge in [0.15, 0.2) is 5.69 Å². The second kappa shape index (κ2) is 5.57. The molecule has 21 heavy (non-hydrogen) atoms. The molecule has 102 valence electrons. The molecule has 0 aliphatic carbocycles. The van der Waals surface area contributed by atoms with Crippen LogP contribution in [-0.2, 0) is 0 Å². The molecule has 0 radical (unpaired) electrons. The van der Waals surface area contributed by atoms with Gasteiger partial charge >= 0.3 is 0 Å². The van der Waals surface area contributed by atoms with Crippen LogP contribution in [0.3, 0.4) is 0 Å². The van der Waals surface area contributed by atoms with Gasteiger partial charge in [-0.25, -0.2) is 4.68 Å². The highest BCUT2D eigenvalue weighted by Gasteiger charge is 2.18. The van der Waals surface area contributed by atoms with Crippen LogP contribution in [-0.4, -0.2) is 15.0 Å². The highest BCUT2D eigenvalue weighted by molar-refractivity contribution is 6.33. The molecule has 0 bridgehead atoms. The monoisotopic (exact) mass is 314 g/mol. The molecular formula is C15H8Cl2N4. The molecule has 0 atom stereocenters. The van der Waals surface area contributed by atoms with Gasteiger partial charge in [-0.3, -0.25) is 0 Å². The maximum Gasteiger partial charge on any atom is 0.191 e. The lowest BCUT2D eigenvalue weighted by Crippen LogP contribution is -2.00. The predicted molar refractivity (Wildman–Crippen MR) is 81.5 cm³/mol. The molecule has 6 heteroatoms. The standard InChI is InChI=1S/C15H8Cl2N4/c16-10-4-3-5-11(8-10)21-15(14(9-18)19-20-21)12-6-1-2-7-13(12)17/h1-8H. The van der Waals surface area contributed by atoms with Crippen molar-refractivity contribution in [2.45, 2.75) is 0 Å². The van der Waals surface area contributed by atoms with E-state index in [1.54, 1.807) is 22.9 Å². The van der Waals surface area contributed by atoms with Crippen LogP contribution in [0.1, 0.15) is 5.69 Å². The SMILES string of the molecule is N#Cc1nnn(-c2cccc(Cl)c2)c1-c1ccccc1Cl. The van der Waals surface area contributed by atoms with Crippen LogP contribution in [0, 0.1) is 11.3 Å². The quantitative estimate of drug-likeness (QED) is 0.715. The Bertz CT molecular complexity index is 849. The zero-order valence-electron chi connectivity index (χ0n) is 10.7. The third-order valence-corrected chi connectivity index (χ3v) is 3.52. The number of aromatic nitrogens is 3. The Morgan fingerprint density at radius 3 is 2.57 bits per heavy atom. The van der Waals surface area contributed by atoms with Crippen molar-refractivity contribution >= 4 is 23.2 Å². The lowest BCUT2D eigenvalue weighted by atomic mass is 10.1. The molecule has 0 unspecified atom stereocenters. The van der Waals surface area contributed by atoms with E-state index in [1.807, 2.05) is 36.4 Å². The molecule has 2 aromatic carbocycles. The average molecular weight is 315 g/mol. The number of rotatable bonds is 2. The summed E-state index contributed by atoms with van der Waals surface area (Å²) in [6.45, 7) is 0. The van der Waals surface area contributed by atoms with Crippen LogP contribution in [0.5, 0.6) is 0 Å². The number of nitriles is 1. The number of benzene rings is 2. The normalized spacial score (nSPS) is 10.3. The number of nitrogens with zero attached hydrogens (tertiary/aromatic N) is 4. The van der Waals surface area contributed by atoms with Gasteiger partial charge in [0.25, 0.3) is 0 Å². The molecule has 3 rings (SSSR count). The van der Waals surface area contributed by atoms with Gasteiger partial charge in [0, 0.05) is 10.6 Å². The van der Waals surface area contributed by atoms with Crippen LogP contribution < -0.4 is 0 Å². The Morgan fingerprint density at radius 1 is 1.05 bits per heavy atom. The van der Waals surface area contributed by atoms with Gasteiger partial charge in [-0.1, -0.05) is 52.7 Å². The van der Waals surface area contributed by atoms with E-state index in [0.717, 1.165) is 0 Å². The molecule has 0 amide bonds.